The van der Waals surface area contributed by atoms with E-state index in [2.05, 4.69) is 10.3 Å². The number of hydrogen-bond donors (Lipinski definition) is 1. The fourth-order valence-corrected chi connectivity index (χ4v) is 4.13. The number of carbonyl (C=O) groups is 1. The van der Waals surface area contributed by atoms with Gasteiger partial charge in [-0.1, -0.05) is 22.8 Å². The largest absolute Gasteiger partial charge is 0.465 e. The van der Waals surface area contributed by atoms with Gasteiger partial charge in [0.15, 0.2) is 11.5 Å². The highest BCUT2D eigenvalue weighted by Gasteiger charge is 2.47. The molecule has 0 bridgehead atoms. The molecule has 2 aromatic heterocycles. The van der Waals surface area contributed by atoms with Gasteiger partial charge in [0.05, 0.1) is 41.1 Å². The summed E-state index contributed by atoms with van der Waals surface area (Å²) in [6.45, 7) is 1.51. The topological polar surface area (TPSA) is 90.4 Å². The molecule has 0 amide bonds. The number of aromatic nitrogens is 3. The van der Waals surface area contributed by atoms with Crippen LogP contribution in [0.2, 0.25) is 5.02 Å². The van der Waals surface area contributed by atoms with Crippen LogP contribution in [0.5, 0.6) is 0 Å². The van der Waals surface area contributed by atoms with Crippen LogP contribution >= 0.6 is 11.6 Å². The first-order valence-corrected chi connectivity index (χ1v) is 9.72. The quantitative estimate of drug-likeness (QED) is 0.428. The van der Waals surface area contributed by atoms with E-state index in [1.807, 2.05) is 0 Å². The first kappa shape index (κ1) is 22.3. The Labute approximate surface area is 183 Å². The molecule has 1 aliphatic rings. The monoisotopic (exact) mass is 473 g/mol. The first-order valence-electron chi connectivity index (χ1n) is 9.34. The molecule has 170 valence electrons. The molecule has 0 atom stereocenters. The molecule has 1 N–H and O–H groups in total. The van der Waals surface area contributed by atoms with Crippen LogP contribution in [0.15, 0.2) is 28.9 Å². The lowest BCUT2D eigenvalue weighted by atomic mass is 9.77. The smallest absolute Gasteiger partial charge is 0.433 e. The van der Waals surface area contributed by atoms with Crippen molar-refractivity contribution in [2.24, 2.45) is 0 Å². The molecular weight excluding hydrogens is 458 g/mol. The molecule has 1 aliphatic carbocycles. The third kappa shape index (κ3) is 3.65. The molecule has 0 saturated heterocycles. The maximum Gasteiger partial charge on any atom is 0.433 e. The van der Waals surface area contributed by atoms with Crippen molar-refractivity contribution in [3.05, 3.63) is 46.5 Å². The Balaban J connectivity index is 1.93. The molecular formula is C20H16ClF4N3O4. The second-order valence-electron chi connectivity index (χ2n) is 7.73. The molecule has 0 unspecified atom stereocenters. The van der Waals surface area contributed by atoms with Gasteiger partial charge in [0, 0.05) is 0 Å². The van der Waals surface area contributed by atoms with Gasteiger partial charge in [-0.2, -0.15) is 18.3 Å². The third-order valence-corrected chi connectivity index (χ3v) is 5.60. The summed E-state index contributed by atoms with van der Waals surface area (Å²) in [7, 11) is 1.01. The van der Waals surface area contributed by atoms with E-state index in [9.17, 15) is 27.5 Å². The number of hydrogen-bond acceptors (Lipinski definition) is 6. The Morgan fingerprint density at radius 1 is 1.38 bits per heavy atom. The predicted molar refractivity (Wildman–Crippen MR) is 103 cm³/mol. The van der Waals surface area contributed by atoms with Gasteiger partial charge in [-0.05, 0) is 31.9 Å². The van der Waals surface area contributed by atoms with Crippen LogP contribution in [0, 0.1) is 5.82 Å². The third-order valence-electron chi connectivity index (χ3n) is 5.29. The molecule has 32 heavy (non-hydrogen) atoms. The van der Waals surface area contributed by atoms with Crippen LogP contribution < -0.4 is 0 Å². The molecule has 1 fully saturated rings. The zero-order valence-corrected chi connectivity index (χ0v) is 17.5. The van der Waals surface area contributed by atoms with Gasteiger partial charge in [-0.15, -0.1) is 0 Å². The number of carbonyl (C=O) groups excluding carboxylic acids is 1. The van der Waals surface area contributed by atoms with Crippen LogP contribution in [0.1, 0.15) is 41.9 Å². The van der Waals surface area contributed by atoms with E-state index >= 15 is 0 Å². The normalized spacial score (nSPS) is 20.8. The first-order chi connectivity index (χ1) is 14.9. The number of methoxy groups -OCH3 is 1. The summed E-state index contributed by atoms with van der Waals surface area (Å²) in [4.78, 5) is 12.5. The van der Waals surface area contributed by atoms with E-state index in [4.69, 9.17) is 20.9 Å². The van der Waals surface area contributed by atoms with Gasteiger partial charge in [-0.25, -0.2) is 9.18 Å². The van der Waals surface area contributed by atoms with E-state index in [0.717, 1.165) is 24.1 Å². The average Bonchev–Trinajstić information content (AvgIpc) is 3.29. The maximum absolute atomic E-state index is 14.5. The number of ether oxygens (including phenoxy) is 1. The van der Waals surface area contributed by atoms with Crippen LogP contribution in [0.3, 0.4) is 0 Å². The lowest BCUT2D eigenvalue weighted by Gasteiger charge is -2.41. The number of halogens is 5. The summed E-state index contributed by atoms with van der Waals surface area (Å²) in [6.07, 6.45) is -3.88. The van der Waals surface area contributed by atoms with Crippen LogP contribution in [0.4, 0.5) is 17.6 Å². The van der Waals surface area contributed by atoms with Gasteiger partial charge in [0.1, 0.15) is 17.1 Å². The van der Waals surface area contributed by atoms with Crippen molar-refractivity contribution in [3.63, 3.8) is 0 Å². The summed E-state index contributed by atoms with van der Waals surface area (Å²) >= 11 is 6.05. The lowest BCUT2D eigenvalue weighted by molar-refractivity contribution is -0.148. The zero-order chi connectivity index (χ0) is 23.4. The summed E-state index contributed by atoms with van der Waals surface area (Å²) in [5, 5.41) is 17.3. The standard InChI is InChI=1S/C20H16ClF4N3O4/c1-19(30)6-9(7-19)28-17(20(23,24)25)10(8-26-28)16-14(18(29)31-2)15(27-32-16)13-11(21)4-3-5-12(13)22/h3-5,8-9,30H,6-7H2,1-2H3/t9-,19+. The number of benzene rings is 1. The highest BCUT2D eigenvalue weighted by atomic mass is 35.5. The fraction of sp³-hybridized carbons (Fsp3) is 0.350. The van der Waals surface area contributed by atoms with Crippen molar-refractivity contribution in [3.8, 4) is 22.6 Å². The van der Waals surface area contributed by atoms with Crippen molar-refractivity contribution in [1.29, 1.82) is 0 Å². The Kier molecular flexibility index (Phi) is 5.29. The molecule has 4 rings (SSSR count). The Bertz CT molecular complexity index is 1170. The molecule has 0 aliphatic heterocycles. The summed E-state index contributed by atoms with van der Waals surface area (Å²) in [5.41, 5.74) is -4.10. The molecule has 1 saturated carbocycles. The zero-order valence-electron chi connectivity index (χ0n) is 16.7. The minimum absolute atomic E-state index is 0.0630. The Hall–Kier alpha value is -2.92. The number of rotatable bonds is 4. The van der Waals surface area contributed by atoms with Crippen molar-refractivity contribution in [2.75, 3.05) is 7.11 Å². The predicted octanol–water partition coefficient (Wildman–Crippen LogP) is 4.89. The van der Waals surface area contributed by atoms with Gasteiger partial charge >= 0.3 is 12.1 Å². The number of aliphatic hydroxyl groups is 1. The van der Waals surface area contributed by atoms with Gasteiger partial charge in [-0.3, -0.25) is 4.68 Å². The Morgan fingerprint density at radius 2 is 2.06 bits per heavy atom. The molecule has 1 aromatic carbocycles. The molecule has 2 heterocycles. The maximum atomic E-state index is 14.5. The van der Waals surface area contributed by atoms with Crippen molar-refractivity contribution < 1.29 is 36.7 Å². The Morgan fingerprint density at radius 3 is 2.62 bits per heavy atom. The van der Waals surface area contributed by atoms with Crippen LogP contribution in [-0.2, 0) is 10.9 Å². The lowest BCUT2D eigenvalue weighted by Crippen LogP contribution is -2.43. The van der Waals surface area contributed by atoms with Gasteiger partial charge in [0.25, 0.3) is 0 Å². The van der Waals surface area contributed by atoms with Gasteiger partial charge in [0.2, 0.25) is 0 Å². The summed E-state index contributed by atoms with van der Waals surface area (Å²) < 4.78 is 67.1. The second-order valence-corrected chi connectivity index (χ2v) is 8.14. The molecule has 0 spiro atoms. The van der Waals surface area contributed by atoms with Gasteiger partial charge < -0.3 is 14.4 Å². The molecule has 3 aromatic rings. The average molecular weight is 474 g/mol. The minimum Gasteiger partial charge on any atom is -0.465 e. The summed E-state index contributed by atoms with van der Waals surface area (Å²) in [6, 6.07) is 3.00. The highest BCUT2D eigenvalue weighted by Crippen LogP contribution is 2.47. The van der Waals surface area contributed by atoms with E-state index in [1.54, 1.807) is 0 Å². The number of alkyl halides is 3. The number of nitrogens with zero attached hydrogens (tertiary/aromatic N) is 3. The summed E-state index contributed by atoms with van der Waals surface area (Å²) in [5.74, 6) is -2.54. The van der Waals surface area contributed by atoms with E-state index < -0.39 is 57.9 Å². The van der Waals surface area contributed by atoms with Crippen LogP contribution in [0.25, 0.3) is 22.6 Å². The SMILES string of the molecule is COC(=O)c1c(-c2c(F)cccc2Cl)noc1-c1cnn([C@H]2C[C@@](C)(O)C2)c1C(F)(F)F. The van der Waals surface area contributed by atoms with Crippen molar-refractivity contribution in [1.82, 2.24) is 14.9 Å². The molecule has 7 nitrogen and oxygen atoms in total. The van der Waals surface area contributed by atoms with Crippen LogP contribution in [-0.4, -0.2) is 38.7 Å². The molecule has 0 radical (unpaired) electrons. The van der Waals surface area contributed by atoms with Crippen molar-refractivity contribution >= 4 is 17.6 Å². The number of esters is 1. The molecule has 12 heteroatoms. The van der Waals surface area contributed by atoms with E-state index in [1.165, 1.54) is 19.1 Å². The fourth-order valence-electron chi connectivity index (χ4n) is 3.88. The second kappa shape index (κ2) is 7.59. The van der Waals surface area contributed by atoms with Crippen molar-refractivity contribution in [2.45, 2.75) is 37.6 Å². The highest BCUT2D eigenvalue weighted by molar-refractivity contribution is 6.33. The van der Waals surface area contributed by atoms with E-state index in [0.29, 0.717) is 0 Å². The van der Waals surface area contributed by atoms with E-state index in [-0.39, 0.29) is 23.4 Å². The minimum atomic E-state index is -4.89.